The third kappa shape index (κ3) is 4.74. The Hall–Kier alpha value is -3.02. The SMILES string of the molecule is O=C(COc1ccc(Oc2ccccc2)cc1)NNC(=O)C1CC1. The minimum atomic E-state index is -0.409. The van der Waals surface area contributed by atoms with Crippen LogP contribution in [0.3, 0.4) is 0 Å². The highest BCUT2D eigenvalue weighted by Gasteiger charge is 2.29. The molecule has 124 valence electrons. The lowest BCUT2D eigenvalue weighted by Gasteiger charge is -2.09. The number of hydrogen-bond acceptors (Lipinski definition) is 4. The van der Waals surface area contributed by atoms with Gasteiger partial charge in [-0.2, -0.15) is 0 Å². The van der Waals surface area contributed by atoms with Gasteiger partial charge in [-0.3, -0.25) is 20.4 Å². The van der Waals surface area contributed by atoms with Crippen molar-refractivity contribution in [1.29, 1.82) is 0 Å². The van der Waals surface area contributed by atoms with Crippen LogP contribution < -0.4 is 20.3 Å². The average molecular weight is 326 g/mol. The molecule has 0 unspecified atom stereocenters. The van der Waals surface area contributed by atoms with Crippen molar-refractivity contribution in [2.45, 2.75) is 12.8 Å². The first-order valence-electron chi connectivity index (χ1n) is 7.75. The van der Waals surface area contributed by atoms with Crippen molar-refractivity contribution in [2.24, 2.45) is 5.92 Å². The molecular weight excluding hydrogens is 308 g/mol. The fourth-order valence-electron chi connectivity index (χ4n) is 1.99. The van der Waals surface area contributed by atoms with Crippen LogP contribution in [-0.4, -0.2) is 18.4 Å². The van der Waals surface area contributed by atoms with Crippen LogP contribution in [0.1, 0.15) is 12.8 Å². The van der Waals surface area contributed by atoms with Crippen LogP contribution in [0.4, 0.5) is 0 Å². The molecule has 2 N–H and O–H groups in total. The van der Waals surface area contributed by atoms with Crippen LogP contribution in [0.15, 0.2) is 54.6 Å². The molecule has 6 nitrogen and oxygen atoms in total. The van der Waals surface area contributed by atoms with Gasteiger partial charge in [0.15, 0.2) is 6.61 Å². The highest BCUT2D eigenvalue weighted by Crippen LogP contribution is 2.28. The molecule has 0 atom stereocenters. The quantitative estimate of drug-likeness (QED) is 0.799. The second-order valence-electron chi connectivity index (χ2n) is 5.49. The van der Waals surface area contributed by atoms with Crippen molar-refractivity contribution in [3.8, 4) is 17.2 Å². The number of hydrazine groups is 1. The molecule has 1 aliphatic rings. The van der Waals surface area contributed by atoms with Gasteiger partial charge in [-0.05, 0) is 49.2 Å². The fraction of sp³-hybridized carbons (Fsp3) is 0.222. The van der Waals surface area contributed by atoms with Gasteiger partial charge in [0, 0.05) is 5.92 Å². The minimum Gasteiger partial charge on any atom is -0.484 e. The molecule has 2 amide bonds. The molecule has 1 saturated carbocycles. The van der Waals surface area contributed by atoms with Gasteiger partial charge in [0.1, 0.15) is 17.2 Å². The van der Waals surface area contributed by atoms with E-state index in [4.69, 9.17) is 9.47 Å². The lowest BCUT2D eigenvalue weighted by Crippen LogP contribution is -2.44. The second kappa shape index (κ2) is 7.50. The normalized spacial score (nSPS) is 13.0. The number of para-hydroxylation sites is 1. The molecule has 2 aromatic rings. The first kappa shape index (κ1) is 15.9. The molecular formula is C18H18N2O4. The third-order valence-electron chi connectivity index (χ3n) is 3.45. The Morgan fingerprint density at radius 1 is 0.875 bits per heavy atom. The van der Waals surface area contributed by atoms with E-state index in [1.807, 2.05) is 30.3 Å². The maximum absolute atomic E-state index is 11.6. The molecule has 0 aromatic heterocycles. The van der Waals surface area contributed by atoms with E-state index in [9.17, 15) is 9.59 Å². The smallest absolute Gasteiger partial charge is 0.276 e. The van der Waals surface area contributed by atoms with Crippen molar-refractivity contribution in [3.63, 3.8) is 0 Å². The lowest BCUT2D eigenvalue weighted by atomic mass is 10.3. The number of carbonyl (C=O) groups excluding carboxylic acids is 2. The summed E-state index contributed by atoms with van der Waals surface area (Å²) in [5.74, 6) is 1.45. The monoisotopic (exact) mass is 326 g/mol. The molecule has 2 aromatic carbocycles. The van der Waals surface area contributed by atoms with E-state index >= 15 is 0 Å². The Morgan fingerprint density at radius 3 is 2.17 bits per heavy atom. The summed E-state index contributed by atoms with van der Waals surface area (Å²) in [5, 5.41) is 0. The Kier molecular flexibility index (Phi) is 4.96. The van der Waals surface area contributed by atoms with Gasteiger partial charge in [0.05, 0.1) is 0 Å². The van der Waals surface area contributed by atoms with Gasteiger partial charge in [-0.15, -0.1) is 0 Å². The Morgan fingerprint density at radius 2 is 1.50 bits per heavy atom. The van der Waals surface area contributed by atoms with Crippen molar-refractivity contribution in [1.82, 2.24) is 10.9 Å². The molecule has 24 heavy (non-hydrogen) atoms. The molecule has 0 aliphatic heterocycles. The summed E-state index contributed by atoms with van der Waals surface area (Å²) in [5.41, 5.74) is 4.71. The van der Waals surface area contributed by atoms with E-state index in [-0.39, 0.29) is 18.4 Å². The predicted octanol–water partition coefficient (Wildman–Crippen LogP) is 2.42. The minimum absolute atomic E-state index is 0.0448. The van der Waals surface area contributed by atoms with E-state index < -0.39 is 5.91 Å². The zero-order chi connectivity index (χ0) is 16.8. The summed E-state index contributed by atoms with van der Waals surface area (Å²) in [6, 6.07) is 16.4. The van der Waals surface area contributed by atoms with E-state index in [1.165, 1.54) is 0 Å². The van der Waals surface area contributed by atoms with E-state index in [1.54, 1.807) is 24.3 Å². The van der Waals surface area contributed by atoms with Crippen molar-refractivity contribution >= 4 is 11.8 Å². The summed E-state index contributed by atoms with van der Waals surface area (Å²) in [4.78, 5) is 23.0. The molecule has 0 spiro atoms. The van der Waals surface area contributed by atoms with Crippen LogP contribution in [0.2, 0.25) is 0 Å². The van der Waals surface area contributed by atoms with E-state index in [2.05, 4.69) is 10.9 Å². The first-order chi connectivity index (χ1) is 11.7. The molecule has 0 radical (unpaired) electrons. The standard InChI is InChI=1S/C18H18N2O4/c21-17(19-20-18(22)13-6-7-13)12-23-14-8-10-16(11-9-14)24-15-4-2-1-3-5-15/h1-5,8-11,13H,6-7,12H2,(H,19,21)(H,20,22). The molecule has 3 rings (SSSR count). The lowest BCUT2D eigenvalue weighted by molar-refractivity contribution is -0.130. The van der Waals surface area contributed by atoms with Crippen LogP contribution in [0, 0.1) is 5.92 Å². The van der Waals surface area contributed by atoms with E-state index in [0.717, 1.165) is 18.6 Å². The number of ether oxygens (including phenoxy) is 2. The van der Waals surface area contributed by atoms with Gasteiger partial charge >= 0.3 is 0 Å². The number of amides is 2. The zero-order valence-corrected chi connectivity index (χ0v) is 13.0. The molecule has 1 fully saturated rings. The van der Waals surface area contributed by atoms with Gasteiger partial charge in [-0.25, -0.2) is 0 Å². The zero-order valence-electron chi connectivity index (χ0n) is 13.0. The van der Waals surface area contributed by atoms with Crippen molar-refractivity contribution < 1.29 is 19.1 Å². The molecule has 0 saturated heterocycles. The van der Waals surface area contributed by atoms with Gasteiger partial charge in [-0.1, -0.05) is 18.2 Å². The Labute approximate surface area is 139 Å². The highest BCUT2D eigenvalue weighted by molar-refractivity contribution is 5.85. The highest BCUT2D eigenvalue weighted by atomic mass is 16.5. The molecule has 6 heteroatoms. The van der Waals surface area contributed by atoms with Gasteiger partial charge < -0.3 is 9.47 Å². The Bertz CT molecular complexity index is 697. The molecule has 0 bridgehead atoms. The van der Waals surface area contributed by atoms with Crippen LogP contribution >= 0.6 is 0 Å². The van der Waals surface area contributed by atoms with Crippen LogP contribution in [-0.2, 0) is 9.59 Å². The fourth-order valence-corrected chi connectivity index (χ4v) is 1.99. The Balaban J connectivity index is 1.42. The van der Waals surface area contributed by atoms with Gasteiger partial charge in [0.2, 0.25) is 5.91 Å². The summed E-state index contributed by atoms with van der Waals surface area (Å²) >= 11 is 0. The summed E-state index contributed by atoms with van der Waals surface area (Å²) in [6.45, 7) is -0.177. The number of benzene rings is 2. The third-order valence-corrected chi connectivity index (χ3v) is 3.45. The van der Waals surface area contributed by atoms with Crippen molar-refractivity contribution in [3.05, 3.63) is 54.6 Å². The second-order valence-corrected chi connectivity index (χ2v) is 5.49. The summed E-state index contributed by atoms with van der Waals surface area (Å²) < 4.78 is 11.0. The van der Waals surface area contributed by atoms with Gasteiger partial charge in [0.25, 0.3) is 5.91 Å². The molecule has 0 heterocycles. The topological polar surface area (TPSA) is 76.7 Å². The maximum atomic E-state index is 11.6. The average Bonchev–Trinajstić information content (AvgIpc) is 3.45. The predicted molar refractivity (Wildman–Crippen MR) is 87.5 cm³/mol. The summed E-state index contributed by atoms with van der Waals surface area (Å²) in [7, 11) is 0. The summed E-state index contributed by atoms with van der Waals surface area (Å²) in [6.07, 6.45) is 1.77. The largest absolute Gasteiger partial charge is 0.484 e. The van der Waals surface area contributed by atoms with E-state index in [0.29, 0.717) is 11.5 Å². The number of hydrogen-bond donors (Lipinski definition) is 2. The molecule has 1 aliphatic carbocycles. The maximum Gasteiger partial charge on any atom is 0.276 e. The number of carbonyl (C=O) groups is 2. The van der Waals surface area contributed by atoms with Crippen molar-refractivity contribution in [2.75, 3.05) is 6.61 Å². The number of rotatable bonds is 6. The van der Waals surface area contributed by atoms with Crippen LogP contribution in [0.5, 0.6) is 17.2 Å². The number of nitrogens with one attached hydrogen (secondary N) is 2. The van der Waals surface area contributed by atoms with Crippen LogP contribution in [0.25, 0.3) is 0 Å². The first-order valence-corrected chi connectivity index (χ1v) is 7.75.